The van der Waals surface area contributed by atoms with Gasteiger partial charge in [-0.05, 0) is 24.1 Å². The van der Waals surface area contributed by atoms with Gasteiger partial charge in [0.25, 0.3) is 0 Å². The third kappa shape index (κ3) is 5.33. The van der Waals surface area contributed by atoms with Crippen molar-refractivity contribution in [3.63, 3.8) is 0 Å². The van der Waals surface area contributed by atoms with Gasteiger partial charge < -0.3 is 18.7 Å². The molecule has 0 saturated carbocycles. The van der Waals surface area contributed by atoms with Crippen LogP contribution >= 0.6 is 0 Å². The monoisotopic (exact) mass is 268 g/mol. The van der Waals surface area contributed by atoms with Crippen molar-refractivity contribution in [1.29, 1.82) is 0 Å². The van der Waals surface area contributed by atoms with Gasteiger partial charge in [0.1, 0.15) is 0 Å². The van der Waals surface area contributed by atoms with Crippen LogP contribution in [0.4, 0.5) is 24.3 Å². The fourth-order valence-electron chi connectivity index (χ4n) is 1.32. The topological polar surface area (TPSA) is 74.8 Å². The molecule has 4 nitrogen and oxygen atoms in total. The van der Waals surface area contributed by atoms with Crippen LogP contribution in [0.3, 0.4) is 0 Å². The van der Waals surface area contributed by atoms with Gasteiger partial charge in [0.05, 0.1) is 0 Å². The van der Waals surface area contributed by atoms with E-state index in [9.17, 15) is 12.9 Å². The van der Waals surface area contributed by atoms with Crippen LogP contribution in [0.1, 0.15) is 11.1 Å². The average Bonchev–Trinajstić information content (AvgIpc) is 2.11. The molecule has 0 saturated heterocycles. The Kier molecular flexibility index (Phi) is 6.60. The largest absolute Gasteiger partial charge is 1.00 e. The Bertz CT molecular complexity index is 457. The molecule has 86 valence electrons. The third-order valence-electron chi connectivity index (χ3n) is 2.10. The average molecular weight is 268 g/mol. The molecule has 0 fully saturated rings. The Labute approximate surface area is 139 Å². The van der Waals surface area contributed by atoms with Crippen LogP contribution in [0.5, 0.6) is 0 Å². The molecule has 9 heteroatoms. The van der Waals surface area contributed by atoms with Gasteiger partial charge in [-0.25, -0.2) is 0 Å². The fourth-order valence-corrected chi connectivity index (χ4v) is 1.32. The molecule has 0 radical (unpaired) electrons. The summed E-state index contributed by atoms with van der Waals surface area (Å²) in [5.41, 5.74) is 14.6. The molecular weight excluding hydrogens is 259 g/mol. The van der Waals surface area contributed by atoms with Gasteiger partial charge in [-0.2, -0.15) is 0 Å². The SMILES string of the molecule is Cc1c(N)cc(C[B-](F)(F)F)cc1N=[N+]=[N-].[K+]. The molecule has 0 aliphatic heterocycles. The van der Waals surface area contributed by atoms with Crippen molar-refractivity contribution in [3.05, 3.63) is 33.7 Å². The van der Waals surface area contributed by atoms with Gasteiger partial charge in [-0.3, -0.25) is 0 Å². The Morgan fingerprint density at radius 3 is 2.47 bits per heavy atom. The number of hydrogen-bond donors (Lipinski definition) is 1. The number of azide groups is 1. The maximum atomic E-state index is 12.2. The summed E-state index contributed by atoms with van der Waals surface area (Å²) in [4.78, 5) is 2.54. The van der Waals surface area contributed by atoms with Gasteiger partial charge in [0.2, 0.25) is 0 Å². The van der Waals surface area contributed by atoms with E-state index in [1.54, 1.807) is 6.92 Å². The molecule has 0 aliphatic rings. The Morgan fingerprint density at radius 1 is 1.41 bits per heavy atom. The number of nitrogen functional groups attached to an aromatic ring is 1. The standard InChI is InChI=1S/C8H9BF3N4.K/c1-5-7(13)2-6(4-9(10,11)12)3-8(5)15-16-14;/h2-3H,4,13H2,1H3;/q-1;+1. The summed E-state index contributed by atoms with van der Waals surface area (Å²) >= 11 is 0. The summed E-state index contributed by atoms with van der Waals surface area (Å²) in [6.45, 7) is -3.34. The summed E-state index contributed by atoms with van der Waals surface area (Å²) in [7, 11) is 0. The van der Waals surface area contributed by atoms with Crippen LogP contribution in [0.15, 0.2) is 17.2 Å². The molecule has 1 aromatic rings. The molecule has 0 spiro atoms. The van der Waals surface area contributed by atoms with E-state index in [2.05, 4.69) is 10.0 Å². The number of anilines is 1. The molecule has 0 aromatic heterocycles. The first-order valence-corrected chi connectivity index (χ1v) is 4.48. The predicted octanol–water partition coefficient (Wildman–Crippen LogP) is 0.452. The van der Waals surface area contributed by atoms with Gasteiger partial charge in [-0.15, -0.1) is 0 Å². The van der Waals surface area contributed by atoms with E-state index in [0.717, 1.165) is 0 Å². The number of nitrogens with zero attached hydrogens (tertiary/aromatic N) is 3. The van der Waals surface area contributed by atoms with Crippen molar-refractivity contribution in [3.8, 4) is 0 Å². The number of benzene rings is 1. The van der Waals surface area contributed by atoms with E-state index >= 15 is 0 Å². The number of nitrogens with two attached hydrogens (primary N) is 1. The maximum absolute atomic E-state index is 12.2. The second-order valence-electron chi connectivity index (χ2n) is 3.43. The number of halogens is 3. The number of rotatable bonds is 3. The molecule has 0 aliphatic carbocycles. The van der Waals surface area contributed by atoms with E-state index in [-0.39, 0.29) is 68.3 Å². The normalized spacial score (nSPS) is 10.4. The van der Waals surface area contributed by atoms with Crippen LogP contribution in [0.25, 0.3) is 10.4 Å². The van der Waals surface area contributed by atoms with Crippen molar-refractivity contribution >= 4 is 18.4 Å². The first-order valence-electron chi connectivity index (χ1n) is 4.48. The van der Waals surface area contributed by atoms with Crippen molar-refractivity contribution < 1.29 is 64.3 Å². The summed E-state index contributed by atoms with van der Waals surface area (Å²) in [6.07, 6.45) is -1.03. The first kappa shape index (κ1) is 16.8. The Balaban J connectivity index is 0.00000256. The minimum atomic E-state index is -4.92. The van der Waals surface area contributed by atoms with E-state index in [4.69, 9.17) is 11.3 Å². The van der Waals surface area contributed by atoms with Crippen LogP contribution in [-0.2, 0) is 6.32 Å². The maximum Gasteiger partial charge on any atom is 1.00 e. The van der Waals surface area contributed by atoms with Gasteiger partial charge in [0, 0.05) is 16.3 Å². The molecule has 1 aromatic carbocycles. The zero-order valence-corrected chi connectivity index (χ0v) is 12.6. The van der Waals surface area contributed by atoms with E-state index in [1.807, 2.05) is 0 Å². The molecule has 0 atom stereocenters. The zero-order chi connectivity index (χ0) is 12.3. The van der Waals surface area contributed by atoms with E-state index < -0.39 is 13.3 Å². The molecule has 0 amide bonds. The van der Waals surface area contributed by atoms with Crippen molar-refractivity contribution in [1.82, 2.24) is 0 Å². The minimum Gasteiger partial charge on any atom is -0.449 e. The summed E-state index contributed by atoms with van der Waals surface area (Å²) in [5, 5.41) is 3.30. The summed E-state index contributed by atoms with van der Waals surface area (Å²) < 4.78 is 36.6. The third-order valence-corrected chi connectivity index (χ3v) is 2.10. The van der Waals surface area contributed by atoms with Gasteiger partial charge in [-0.1, -0.05) is 23.1 Å². The molecular formula is C8H9BF3KN4. The Morgan fingerprint density at radius 2 is 2.00 bits per heavy atom. The van der Waals surface area contributed by atoms with Crippen LogP contribution in [0.2, 0.25) is 0 Å². The number of hydrogen-bond acceptors (Lipinski definition) is 2. The fraction of sp³-hybridized carbons (Fsp3) is 0.250. The summed E-state index contributed by atoms with van der Waals surface area (Å²) in [6, 6.07) is 2.46. The molecule has 1 rings (SSSR count). The Hall–Kier alpha value is -0.179. The van der Waals surface area contributed by atoms with Gasteiger partial charge in [0.15, 0.2) is 0 Å². The van der Waals surface area contributed by atoms with Crippen LogP contribution in [0, 0.1) is 6.92 Å². The molecule has 0 unspecified atom stereocenters. The second-order valence-corrected chi connectivity index (χ2v) is 3.43. The van der Waals surface area contributed by atoms with Crippen molar-refractivity contribution in [2.45, 2.75) is 13.2 Å². The van der Waals surface area contributed by atoms with Crippen molar-refractivity contribution in [2.75, 3.05) is 5.73 Å². The second kappa shape index (κ2) is 6.67. The van der Waals surface area contributed by atoms with Crippen molar-refractivity contribution in [2.24, 2.45) is 5.11 Å². The molecule has 0 bridgehead atoms. The molecule has 2 N–H and O–H groups in total. The van der Waals surface area contributed by atoms with E-state index in [0.29, 0.717) is 5.56 Å². The molecule has 0 heterocycles. The first-order chi connectivity index (χ1) is 7.33. The summed E-state index contributed by atoms with van der Waals surface area (Å²) in [5.74, 6) is 0. The molecule has 17 heavy (non-hydrogen) atoms. The minimum absolute atomic E-state index is 0. The van der Waals surface area contributed by atoms with Gasteiger partial charge >= 0.3 is 58.4 Å². The zero-order valence-electron chi connectivity index (χ0n) is 9.49. The van der Waals surface area contributed by atoms with Crippen LogP contribution in [-0.4, -0.2) is 6.98 Å². The predicted molar refractivity (Wildman–Crippen MR) is 57.2 cm³/mol. The quantitative estimate of drug-likeness (QED) is 0.279. The van der Waals surface area contributed by atoms with E-state index in [1.165, 1.54) is 12.1 Å². The van der Waals surface area contributed by atoms with Crippen LogP contribution < -0.4 is 57.1 Å². The smallest absolute Gasteiger partial charge is 0.449 e.